The highest BCUT2D eigenvalue weighted by atomic mass is 32.1. The minimum absolute atomic E-state index is 0.143. The van der Waals surface area contributed by atoms with Gasteiger partial charge < -0.3 is 5.32 Å². The number of rotatable bonds is 3. The Kier molecular flexibility index (Phi) is 3.25. The van der Waals surface area contributed by atoms with Gasteiger partial charge in [-0.1, -0.05) is 20.8 Å². The van der Waals surface area contributed by atoms with Gasteiger partial charge in [-0.15, -0.1) is 22.7 Å². The molecular weight excluding hydrogens is 238 g/mol. The first-order chi connectivity index (χ1) is 7.55. The summed E-state index contributed by atoms with van der Waals surface area (Å²) >= 11 is 3.38. The number of hydrogen-bond acceptors (Lipinski definition) is 5. The van der Waals surface area contributed by atoms with E-state index in [4.69, 9.17) is 0 Å². The summed E-state index contributed by atoms with van der Waals surface area (Å²) in [6, 6.07) is 0. The number of aromatic nitrogens is 2. The number of anilines is 1. The van der Waals surface area contributed by atoms with Gasteiger partial charge in [-0.25, -0.2) is 9.97 Å². The standard InChI is InChI=1S/C11H15N3S2/c1-11(2,3)9-13-6-8(16-9)7-14-10-12-4-5-15-10/h4-6H,7H2,1-3H3,(H,12,14). The van der Waals surface area contributed by atoms with Crippen molar-refractivity contribution in [2.75, 3.05) is 5.32 Å². The Morgan fingerprint density at radius 1 is 1.31 bits per heavy atom. The van der Waals surface area contributed by atoms with E-state index in [1.807, 2.05) is 11.6 Å². The topological polar surface area (TPSA) is 37.8 Å². The lowest BCUT2D eigenvalue weighted by Crippen LogP contribution is -2.09. The van der Waals surface area contributed by atoms with E-state index in [1.54, 1.807) is 28.9 Å². The summed E-state index contributed by atoms with van der Waals surface area (Å²) in [5.74, 6) is 0. The predicted molar refractivity (Wildman–Crippen MR) is 70.3 cm³/mol. The summed E-state index contributed by atoms with van der Waals surface area (Å²) in [5.41, 5.74) is 0.143. The lowest BCUT2D eigenvalue weighted by atomic mass is 9.98. The molecule has 2 aromatic rings. The van der Waals surface area contributed by atoms with Gasteiger partial charge in [0, 0.05) is 28.1 Å². The minimum atomic E-state index is 0.143. The molecule has 0 amide bonds. The fraction of sp³-hybridized carbons (Fsp3) is 0.455. The van der Waals surface area contributed by atoms with Crippen LogP contribution in [0.5, 0.6) is 0 Å². The normalized spacial score (nSPS) is 11.7. The second-order valence-electron chi connectivity index (χ2n) is 4.57. The lowest BCUT2D eigenvalue weighted by Gasteiger charge is -2.13. The van der Waals surface area contributed by atoms with E-state index >= 15 is 0 Å². The molecule has 16 heavy (non-hydrogen) atoms. The Hall–Kier alpha value is -0.940. The Balaban J connectivity index is 1.98. The number of nitrogens with one attached hydrogen (secondary N) is 1. The van der Waals surface area contributed by atoms with Crippen molar-refractivity contribution in [1.82, 2.24) is 9.97 Å². The van der Waals surface area contributed by atoms with Crippen molar-refractivity contribution < 1.29 is 0 Å². The molecule has 0 unspecified atom stereocenters. The molecule has 2 aromatic heterocycles. The molecule has 1 N–H and O–H groups in total. The molecule has 0 saturated carbocycles. The first-order valence-electron chi connectivity index (χ1n) is 5.14. The molecular formula is C11H15N3S2. The molecule has 0 saturated heterocycles. The van der Waals surface area contributed by atoms with E-state index in [-0.39, 0.29) is 5.41 Å². The van der Waals surface area contributed by atoms with Crippen LogP contribution >= 0.6 is 22.7 Å². The number of hydrogen-bond donors (Lipinski definition) is 1. The monoisotopic (exact) mass is 253 g/mol. The molecule has 0 bridgehead atoms. The van der Waals surface area contributed by atoms with Crippen molar-refractivity contribution in [3.63, 3.8) is 0 Å². The molecule has 3 nitrogen and oxygen atoms in total. The van der Waals surface area contributed by atoms with Gasteiger partial charge in [-0.3, -0.25) is 0 Å². The van der Waals surface area contributed by atoms with Gasteiger partial charge in [-0.2, -0.15) is 0 Å². The maximum atomic E-state index is 4.45. The van der Waals surface area contributed by atoms with Crippen molar-refractivity contribution in [1.29, 1.82) is 0 Å². The fourth-order valence-corrected chi connectivity index (χ4v) is 2.65. The summed E-state index contributed by atoms with van der Waals surface area (Å²) < 4.78 is 0. The molecule has 0 fully saturated rings. The number of thiazole rings is 2. The lowest BCUT2D eigenvalue weighted by molar-refractivity contribution is 0.585. The van der Waals surface area contributed by atoms with Crippen LogP contribution in [0.15, 0.2) is 17.8 Å². The van der Waals surface area contributed by atoms with Crippen molar-refractivity contribution in [2.24, 2.45) is 0 Å². The second-order valence-corrected chi connectivity index (χ2v) is 6.58. The maximum absolute atomic E-state index is 4.45. The van der Waals surface area contributed by atoms with Crippen LogP contribution in [0.3, 0.4) is 0 Å². The van der Waals surface area contributed by atoms with Crippen LogP contribution in [0.2, 0.25) is 0 Å². The molecule has 0 atom stereocenters. The van der Waals surface area contributed by atoms with E-state index in [2.05, 4.69) is 36.1 Å². The number of nitrogens with zero attached hydrogens (tertiary/aromatic N) is 2. The van der Waals surface area contributed by atoms with E-state index < -0.39 is 0 Å². The van der Waals surface area contributed by atoms with Crippen LogP contribution in [0, 0.1) is 0 Å². The molecule has 0 aromatic carbocycles. The van der Waals surface area contributed by atoms with Crippen molar-refractivity contribution >= 4 is 27.8 Å². The van der Waals surface area contributed by atoms with Crippen LogP contribution in [0.1, 0.15) is 30.7 Å². The van der Waals surface area contributed by atoms with E-state index in [0.29, 0.717) is 0 Å². The highest BCUT2D eigenvalue weighted by molar-refractivity contribution is 7.13. The molecule has 0 aliphatic carbocycles. The average Bonchev–Trinajstić information content (AvgIpc) is 2.85. The Morgan fingerprint density at radius 3 is 2.69 bits per heavy atom. The third-order valence-corrected chi connectivity index (χ3v) is 4.20. The predicted octanol–water partition coefficient (Wildman–Crippen LogP) is 3.51. The quantitative estimate of drug-likeness (QED) is 0.909. The van der Waals surface area contributed by atoms with Gasteiger partial charge in [0.25, 0.3) is 0 Å². The molecule has 0 aliphatic heterocycles. The third-order valence-electron chi connectivity index (χ3n) is 2.04. The smallest absolute Gasteiger partial charge is 0.182 e. The van der Waals surface area contributed by atoms with Crippen LogP contribution in [0.25, 0.3) is 0 Å². The van der Waals surface area contributed by atoms with Crippen LogP contribution in [-0.2, 0) is 12.0 Å². The van der Waals surface area contributed by atoms with Gasteiger partial charge in [-0.05, 0) is 0 Å². The van der Waals surface area contributed by atoms with E-state index in [9.17, 15) is 0 Å². The van der Waals surface area contributed by atoms with Gasteiger partial charge in [0.15, 0.2) is 5.13 Å². The molecule has 5 heteroatoms. The Labute approximate surface area is 104 Å². The van der Waals surface area contributed by atoms with E-state index in [1.165, 1.54) is 9.88 Å². The zero-order chi connectivity index (χ0) is 11.6. The first kappa shape index (κ1) is 11.5. The Bertz CT molecular complexity index is 440. The Morgan fingerprint density at radius 2 is 2.12 bits per heavy atom. The highest BCUT2D eigenvalue weighted by Gasteiger charge is 2.17. The van der Waals surface area contributed by atoms with Gasteiger partial charge >= 0.3 is 0 Å². The largest absolute Gasteiger partial charge is 0.357 e. The highest BCUT2D eigenvalue weighted by Crippen LogP contribution is 2.27. The van der Waals surface area contributed by atoms with Gasteiger partial charge in [0.1, 0.15) is 0 Å². The summed E-state index contributed by atoms with van der Waals surface area (Å²) in [6.45, 7) is 7.36. The van der Waals surface area contributed by atoms with Gasteiger partial charge in [0.05, 0.1) is 11.6 Å². The molecule has 0 spiro atoms. The maximum Gasteiger partial charge on any atom is 0.182 e. The van der Waals surface area contributed by atoms with Crippen LogP contribution < -0.4 is 5.32 Å². The van der Waals surface area contributed by atoms with Crippen LogP contribution in [0.4, 0.5) is 5.13 Å². The SMILES string of the molecule is CC(C)(C)c1ncc(CNc2nccs2)s1. The minimum Gasteiger partial charge on any atom is -0.357 e. The summed E-state index contributed by atoms with van der Waals surface area (Å²) in [7, 11) is 0. The fourth-order valence-electron chi connectivity index (χ4n) is 1.21. The van der Waals surface area contributed by atoms with Crippen molar-refractivity contribution in [2.45, 2.75) is 32.7 Å². The third kappa shape index (κ3) is 2.80. The van der Waals surface area contributed by atoms with E-state index in [0.717, 1.165) is 11.7 Å². The molecule has 0 aliphatic rings. The molecule has 0 radical (unpaired) electrons. The molecule has 2 rings (SSSR count). The summed E-state index contributed by atoms with van der Waals surface area (Å²) in [5, 5.41) is 7.40. The molecule has 86 valence electrons. The van der Waals surface area contributed by atoms with Crippen molar-refractivity contribution in [3.05, 3.63) is 27.7 Å². The second kappa shape index (κ2) is 4.51. The van der Waals surface area contributed by atoms with Gasteiger partial charge in [0.2, 0.25) is 0 Å². The van der Waals surface area contributed by atoms with Crippen LogP contribution in [-0.4, -0.2) is 9.97 Å². The first-order valence-corrected chi connectivity index (χ1v) is 6.84. The zero-order valence-electron chi connectivity index (χ0n) is 9.65. The average molecular weight is 253 g/mol. The molecule has 2 heterocycles. The summed E-state index contributed by atoms with van der Waals surface area (Å²) in [6.07, 6.45) is 3.76. The zero-order valence-corrected chi connectivity index (χ0v) is 11.3. The van der Waals surface area contributed by atoms with Crippen molar-refractivity contribution in [3.8, 4) is 0 Å². The summed E-state index contributed by atoms with van der Waals surface area (Å²) in [4.78, 5) is 9.88.